The number of hydrogen-bond acceptors (Lipinski definition) is 4. The zero-order valence-electron chi connectivity index (χ0n) is 16.2. The summed E-state index contributed by atoms with van der Waals surface area (Å²) < 4.78 is 40.4. The van der Waals surface area contributed by atoms with Crippen molar-refractivity contribution in [3.05, 3.63) is 64.0 Å². The summed E-state index contributed by atoms with van der Waals surface area (Å²) >= 11 is 1.41. The number of thiophene rings is 1. The Hall–Kier alpha value is -3.14. The van der Waals surface area contributed by atoms with Crippen LogP contribution in [0.4, 0.5) is 19.0 Å². The van der Waals surface area contributed by atoms with Gasteiger partial charge >= 0.3 is 6.18 Å². The smallest absolute Gasteiger partial charge is 0.348 e. The molecule has 0 bridgehead atoms. The molecule has 1 unspecified atom stereocenters. The Labute approximate surface area is 174 Å². The predicted octanol–water partition coefficient (Wildman–Crippen LogP) is 4.47. The van der Waals surface area contributed by atoms with Gasteiger partial charge in [0.25, 0.3) is 0 Å². The molecule has 158 valence electrons. The Balaban J connectivity index is 1.82. The Bertz CT molecular complexity index is 1040. The maximum absolute atomic E-state index is 13.0. The SMILES string of the molecule is CC(=O)NC(CC(=O)Nc1cc(C)nn1-c1cccc(C(F)(F)F)c1)c1cccs1. The van der Waals surface area contributed by atoms with Gasteiger partial charge in [-0.25, -0.2) is 4.68 Å². The van der Waals surface area contributed by atoms with Gasteiger partial charge < -0.3 is 10.6 Å². The van der Waals surface area contributed by atoms with Crippen LogP contribution in [0, 0.1) is 6.92 Å². The van der Waals surface area contributed by atoms with Crippen LogP contribution in [0.1, 0.15) is 35.5 Å². The molecular formula is C20H19F3N4O2S. The number of hydrogen-bond donors (Lipinski definition) is 2. The van der Waals surface area contributed by atoms with Gasteiger partial charge in [0.1, 0.15) is 5.82 Å². The standard InChI is InChI=1S/C20H19F3N4O2S/c1-12-9-18(27(26-12)15-6-3-5-14(10-15)20(21,22)23)25-19(29)11-16(24-13(2)28)17-7-4-8-30-17/h3-10,16H,11H2,1-2H3,(H,24,28)(H,25,29). The molecule has 3 aromatic rings. The summed E-state index contributed by atoms with van der Waals surface area (Å²) in [6.45, 7) is 3.04. The van der Waals surface area contributed by atoms with E-state index in [4.69, 9.17) is 0 Å². The van der Waals surface area contributed by atoms with Crippen LogP contribution in [0.15, 0.2) is 47.8 Å². The fourth-order valence-corrected chi connectivity index (χ4v) is 3.71. The first-order valence-electron chi connectivity index (χ1n) is 8.98. The average molecular weight is 436 g/mol. The highest BCUT2D eigenvalue weighted by molar-refractivity contribution is 7.10. The van der Waals surface area contributed by atoms with Crippen molar-refractivity contribution in [3.63, 3.8) is 0 Å². The van der Waals surface area contributed by atoms with Gasteiger partial charge in [-0.15, -0.1) is 11.3 Å². The zero-order valence-corrected chi connectivity index (χ0v) is 17.0. The number of anilines is 1. The van der Waals surface area contributed by atoms with E-state index in [1.807, 2.05) is 17.5 Å². The molecule has 2 amide bonds. The van der Waals surface area contributed by atoms with Crippen LogP contribution in [0.25, 0.3) is 5.69 Å². The molecule has 10 heteroatoms. The van der Waals surface area contributed by atoms with Crippen LogP contribution in [0.3, 0.4) is 0 Å². The number of aryl methyl sites for hydroxylation is 1. The number of amides is 2. The summed E-state index contributed by atoms with van der Waals surface area (Å²) in [4.78, 5) is 25.0. The quantitative estimate of drug-likeness (QED) is 0.599. The number of alkyl halides is 3. The third-order valence-corrected chi connectivity index (χ3v) is 5.16. The Kier molecular flexibility index (Phi) is 6.25. The van der Waals surface area contributed by atoms with E-state index in [0.29, 0.717) is 5.69 Å². The molecule has 0 aliphatic heterocycles. The number of carbonyl (C=O) groups is 2. The van der Waals surface area contributed by atoms with Crippen LogP contribution >= 0.6 is 11.3 Å². The Morgan fingerprint density at radius 1 is 1.20 bits per heavy atom. The van der Waals surface area contributed by atoms with Gasteiger partial charge in [0.05, 0.1) is 29.4 Å². The van der Waals surface area contributed by atoms with Gasteiger partial charge in [0, 0.05) is 17.9 Å². The molecule has 0 fully saturated rings. The summed E-state index contributed by atoms with van der Waals surface area (Å²) in [7, 11) is 0. The minimum Gasteiger partial charge on any atom is -0.348 e. The molecule has 6 nitrogen and oxygen atoms in total. The molecule has 1 atom stereocenters. The van der Waals surface area contributed by atoms with Crippen molar-refractivity contribution in [2.24, 2.45) is 0 Å². The lowest BCUT2D eigenvalue weighted by Crippen LogP contribution is -2.29. The van der Waals surface area contributed by atoms with Crippen LogP contribution < -0.4 is 10.6 Å². The van der Waals surface area contributed by atoms with E-state index in [9.17, 15) is 22.8 Å². The first-order valence-corrected chi connectivity index (χ1v) is 9.86. The number of benzene rings is 1. The molecule has 0 spiro atoms. The van der Waals surface area contributed by atoms with Gasteiger partial charge in [0.2, 0.25) is 11.8 Å². The third kappa shape index (κ3) is 5.26. The first-order chi connectivity index (χ1) is 14.1. The highest BCUT2D eigenvalue weighted by atomic mass is 32.1. The van der Waals surface area contributed by atoms with E-state index in [2.05, 4.69) is 15.7 Å². The lowest BCUT2D eigenvalue weighted by atomic mass is 10.1. The van der Waals surface area contributed by atoms with Gasteiger partial charge in [-0.3, -0.25) is 9.59 Å². The van der Waals surface area contributed by atoms with Crippen LogP contribution in [0.2, 0.25) is 0 Å². The molecule has 1 aromatic carbocycles. The van der Waals surface area contributed by atoms with Crippen molar-refractivity contribution in [1.29, 1.82) is 0 Å². The van der Waals surface area contributed by atoms with Crippen molar-refractivity contribution in [2.75, 3.05) is 5.32 Å². The number of halogens is 3. The molecule has 0 aliphatic carbocycles. The van der Waals surface area contributed by atoms with E-state index < -0.39 is 23.7 Å². The lowest BCUT2D eigenvalue weighted by molar-refractivity contribution is -0.137. The molecule has 0 radical (unpaired) electrons. The van der Waals surface area contributed by atoms with E-state index in [-0.39, 0.29) is 23.8 Å². The zero-order chi connectivity index (χ0) is 21.9. The van der Waals surface area contributed by atoms with Gasteiger partial charge in [-0.05, 0) is 36.6 Å². The molecule has 3 rings (SSSR count). The minimum atomic E-state index is -4.49. The summed E-state index contributed by atoms with van der Waals surface area (Å²) in [5.74, 6) is -0.439. The highest BCUT2D eigenvalue weighted by Gasteiger charge is 2.30. The van der Waals surface area contributed by atoms with Crippen molar-refractivity contribution < 1.29 is 22.8 Å². The summed E-state index contributed by atoms with van der Waals surface area (Å²) in [5.41, 5.74) is -0.113. The van der Waals surface area contributed by atoms with Crippen molar-refractivity contribution >= 4 is 29.0 Å². The summed E-state index contributed by atoms with van der Waals surface area (Å²) in [6.07, 6.45) is -4.53. The fourth-order valence-electron chi connectivity index (χ4n) is 2.94. The number of nitrogens with zero attached hydrogens (tertiary/aromatic N) is 2. The van der Waals surface area contributed by atoms with Crippen molar-refractivity contribution in [1.82, 2.24) is 15.1 Å². The molecule has 2 heterocycles. The molecule has 2 aromatic heterocycles. The lowest BCUT2D eigenvalue weighted by Gasteiger charge is -2.17. The Morgan fingerprint density at radius 3 is 2.60 bits per heavy atom. The van der Waals surface area contributed by atoms with Crippen molar-refractivity contribution in [2.45, 2.75) is 32.5 Å². The van der Waals surface area contributed by atoms with E-state index >= 15 is 0 Å². The maximum atomic E-state index is 13.0. The van der Waals surface area contributed by atoms with E-state index in [1.165, 1.54) is 35.1 Å². The van der Waals surface area contributed by atoms with E-state index in [1.54, 1.807) is 13.0 Å². The third-order valence-electron chi connectivity index (χ3n) is 4.17. The number of carbonyl (C=O) groups excluding carboxylic acids is 2. The topological polar surface area (TPSA) is 76.0 Å². The van der Waals surface area contributed by atoms with Crippen LogP contribution in [-0.2, 0) is 15.8 Å². The fraction of sp³-hybridized carbons (Fsp3) is 0.250. The molecule has 0 aliphatic rings. The van der Waals surface area contributed by atoms with Gasteiger partial charge in [0.15, 0.2) is 0 Å². The summed E-state index contributed by atoms with van der Waals surface area (Å²) in [6, 6.07) is 9.39. The molecule has 30 heavy (non-hydrogen) atoms. The van der Waals surface area contributed by atoms with E-state index in [0.717, 1.165) is 17.0 Å². The second-order valence-electron chi connectivity index (χ2n) is 6.65. The van der Waals surface area contributed by atoms with Gasteiger partial charge in [-0.2, -0.15) is 18.3 Å². The molecule has 0 saturated carbocycles. The molecule has 0 saturated heterocycles. The summed E-state index contributed by atoms with van der Waals surface area (Å²) in [5, 5.41) is 11.5. The normalized spacial score (nSPS) is 12.4. The number of nitrogens with one attached hydrogen (secondary N) is 2. The largest absolute Gasteiger partial charge is 0.416 e. The van der Waals surface area contributed by atoms with Crippen molar-refractivity contribution in [3.8, 4) is 5.69 Å². The monoisotopic (exact) mass is 436 g/mol. The van der Waals surface area contributed by atoms with Crippen LogP contribution in [0.5, 0.6) is 0 Å². The molecule has 2 N–H and O–H groups in total. The second-order valence-corrected chi connectivity index (χ2v) is 7.63. The highest BCUT2D eigenvalue weighted by Crippen LogP contribution is 2.31. The maximum Gasteiger partial charge on any atom is 0.416 e. The van der Waals surface area contributed by atoms with Crippen LogP contribution in [-0.4, -0.2) is 21.6 Å². The number of aromatic nitrogens is 2. The average Bonchev–Trinajstić information content (AvgIpc) is 3.30. The van der Waals surface area contributed by atoms with Gasteiger partial charge in [-0.1, -0.05) is 12.1 Å². The first kappa shape index (κ1) is 21.6. The Morgan fingerprint density at radius 2 is 1.97 bits per heavy atom. The predicted molar refractivity (Wildman–Crippen MR) is 107 cm³/mol. The number of rotatable bonds is 6. The minimum absolute atomic E-state index is 0.0348. The molecular weight excluding hydrogens is 417 g/mol. The second kappa shape index (κ2) is 8.70.